The van der Waals surface area contributed by atoms with Gasteiger partial charge in [-0.05, 0) is 56.5 Å². The van der Waals surface area contributed by atoms with E-state index in [0.717, 1.165) is 34.0 Å². The summed E-state index contributed by atoms with van der Waals surface area (Å²) in [5.74, 6) is -0.489. The van der Waals surface area contributed by atoms with E-state index < -0.39 is 5.97 Å². The van der Waals surface area contributed by atoms with Crippen LogP contribution in [0.3, 0.4) is 0 Å². The van der Waals surface area contributed by atoms with Gasteiger partial charge in [-0.25, -0.2) is 9.59 Å². The van der Waals surface area contributed by atoms with E-state index in [9.17, 15) is 14.4 Å². The standard InChI is InChI=1S/C25H29N3O4/c1-5-11-28(25(31)26-21-10-8-7-9-19(21)24(30)32-6-2)15-18-14-22(29)27-23-17(4)12-16(3)13-20(18)23/h7-10,12-14H,5-6,11,15H2,1-4H3,(H,26,31)(H,27,29). The summed E-state index contributed by atoms with van der Waals surface area (Å²) in [6.07, 6.45) is 0.742. The van der Waals surface area contributed by atoms with Crippen LogP contribution in [-0.4, -0.2) is 35.0 Å². The number of esters is 1. The molecule has 1 heterocycles. The fourth-order valence-electron chi connectivity index (χ4n) is 3.81. The van der Waals surface area contributed by atoms with Crippen molar-refractivity contribution in [3.05, 3.63) is 75.1 Å². The van der Waals surface area contributed by atoms with Crippen molar-refractivity contribution in [2.75, 3.05) is 18.5 Å². The Kier molecular flexibility index (Phi) is 7.30. The first-order valence-corrected chi connectivity index (χ1v) is 10.8. The number of urea groups is 1. The van der Waals surface area contributed by atoms with Crippen LogP contribution in [0.1, 0.15) is 47.3 Å². The third-order valence-electron chi connectivity index (χ3n) is 5.19. The molecule has 0 atom stereocenters. The summed E-state index contributed by atoms with van der Waals surface area (Å²) >= 11 is 0. The second kappa shape index (κ2) is 10.1. The van der Waals surface area contributed by atoms with Crippen molar-refractivity contribution in [1.29, 1.82) is 0 Å². The molecule has 3 rings (SSSR count). The van der Waals surface area contributed by atoms with E-state index in [-0.39, 0.29) is 24.7 Å². The number of carbonyl (C=O) groups excluding carboxylic acids is 2. The summed E-state index contributed by atoms with van der Waals surface area (Å²) in [7, 11) is 0. The minimum Gasteiger partial charge on any atom is -0.462 e. The Hall–Kier alpha value is -3.61. The van der Waals surface area contributed by atoms with Crippen LogP contribution in [0.4, 0.5) is 10.5 Å². The number of pyridine rings is 1. The maximum Gasteiger partial charge on any atom is 0.340 e. The first kappa shape index (κ1) is 23.1. The lowest BCUT2D eigenvalue weighted by Crippen LogP contribution is -2.36. The quantitative estimate of drug-likeness (QED) is 0.523. The SMILES string of the molecule is CCCN(Cc1cc(=O)[nH]c2c(C)cc(C)cc12)C(=O)Nc1ccccc1C(=O)OCC. The molecule has 2 amide bonds. The molecule has 2 aromatic carbocycles. The van der Waals surface area contributed by atoms with Crippen LogP contribution in [0, 0.1) is 13.8 Å². The van der Waals surface area contributed by atoms with E-state index in [2.05, 4.69) is 10.3 Å². The summed E-state index contributed by atoms with van der Waals surface area (Å²) in [4.78, 5) is 42.3. The first-order chi connectivity index (χ1) is 15.3. The highest BCUT2D eigenvalue weighted by molar-refractivity contribution is 6.01. The summed E-state index contributed by atoms with van der Waals surface area (Å²) in [6.45, 7) is 8.69. The number of hydrogen-bond acceptors (Lipinski definition) is 4. The van der Waals surface area contributed by atoms with Gasteiger partial charge >= 0.3 is 12.0 Å². The maximum atomic E-state index is 13.2. The third-order valence-corrected chi connectivity index (χ3v) is 5.19. The van der Waals surface area contributed by atoms with Crippen molar-refractivity contribution in [3.8, 4) is 0 Å². The van der Waals surface area contributed by atoms with E-state index >= 15 is 0 Å². The van der Waals surface area contributed by atoms with Crippen molar-refractivity contribution in [2.45, 2.75) is 40.7 Å². The smallest absolute Gasteiger partial charge is 0.340 e. The predicted octanol–water partition coefficient (Wildman–Crippen LogP) is 4.77. The molecule has 3 aromatic rings. The molecule has 0 aliphatic carbocycles. The number of aromatic nitrogens is 1. The minimum atomic E-state index is -0.489. The number of aryl methyl sites for hydroxylation is 2. The highest BCUT2D eigenvalue weighted by Gasteiger charge is 2.19. The van der Waals surface area contributed by atoms with Crippen LogP contribution in [0.15, 0.2) is 47.3 Å². The largest absolute Gasteiger partial charge is 0.462 e. The Labute approximate surface area is 187 Å². The van der Waals surface area contributed by atoms with Gasteiger partial charge in [0.05, 0.1) is 23.4 Å². The minimum absolute atomic E-state index is 0.205. The van der Waals surface area contributed by atoms with E-state index in [1.54, 1.807) is 42.2 Å². The highest BCUT2D eigenvalue weighted by atomic mass is 16.5. The van der Waals surface area contributed by atoms with Crippen LogP contribution in [0.25, 0.3) is 10.9 Å². The molecule has 0 bridgehead atoms. The Bertz CT molecular complexity index is 1200. The summed E-state index contributed by atoms with van der Waals surface area (Å²) in [5, 5.41) is 3.76. The molecular formula is C25H29N3O4. The third kappa shape index (κ3) is 5.17. The average molecular weight is 436 g/mol. The maximum absolute atomic E-state index is 13.2. The summed E-state index contributed by atoms with van der Waals surface area (Å²) < 4.78 is 5.10. The number of anilines is 1. The number of fused-ring (bicyclic) bond motifs is 1. The number of aromatic amines is 1. The first-order valence-electron chi connectivity index (χ1n) is 10.8. The second-order valence-corrected chi connectivity index (χ2v) is 7.78. The normalized spacial score (nSPS) is 10.8. The number of rotatable bonds is 7. The fourth-order valence-corrected chi connectivity index (χ4v) is 3.81. The topological polar surface area (TPSA) is 91.5 Å². The Morgan fingerprint density at radius 1 is 1.09 bits per heavy atom. The summed E-state index contributed by atoms with van der Waals surface area (Å²) in [5.41, 5.74) is 4.10. The van der Waals surface area contributed by atoms with Gasteiger partial charge in [0.25, 0.3) is 0 Å². The van der Waals surface area contributed by atoms with Gasteiger partial charge in [-0.2, -0.15) is 0 Å². The van der Waals surface area contributed by atoms with Gasteiger partial charge in [-0.15, -0.1) is 0 Å². The molecule has 0 aliphatic heterocycles. The lowest BCUT2D eigenvalue weighted by Gasteiger charge is -2.24. The predicted molar refractivity (Wildman–Crippen MR) is 126 cm³/mol. The van der Waals surface area contributed by atoms with Gasteiger partial charge < -0.3 is 19.9 Å². The Morgan fingerprint density at radius 3 is 2.56 bits per heavy atom. The Morgan fingerprint density at radius 2 is 1.84 bits per heavy atom. The van der Waals surface area contributed by atoms with E-state index in [0.29, 0.717) is 17.8 Å². The van der Waals surface area contributed by atoms with Gasteiger partial charge in [-0.3, -0.25) is 4.79 Å². The van der Waals surface area contributed by atoms with Gasteiger partial charge in [0.2, 0.25) is 5.56 Å². The number of H-pyrrole nitrogens is 1. The molecule has 7 nitrogen and oxygen atoms in total. The number of nitrogens with zero attached hydrogens (tertiary/aromatic N) is 1. The van der Waals surface area contributed by atoms with Crippen molar-refractivity contribution in [3.63, 3.8) is 0 Å². The molecule has 0 radical (unpaired) electrons. The molecule has 0 aliphatic rings. The van der Waals surface area contributed by atoms with E-state index in [1.165, 1.54) is 0 Å². The van der Waals surface area contributed by atoms with Gasteiger partial charge in [-0.1, -0.05) is 30.7 Å². The number of amides is 2. The molecule has 0 saturated heterocycles. The number of nitrogens with one attached hydrogen (secondary N) is 2. The molecule has 2 N–H and O–H groups in total. The summed E-state index contributed by atoms with van der Waals surface area (Å²) in [6, 6.07) is 12.0. The molecule has 0 fully saturated rings. The van der Waals surface area contributed by atoms with E-state index in [1.807, 2.05) is 32.9 Å². The molecule has 1 aromatic heterocycles. The molecule has 32 heavy (non-hydrogen) atoms. The molecule has 168 valence electrons. The van der Waals surface area contributed by atoms with Crippen molar-refractivity contribution in [2.24, 2.45) is 0 Å². The fraction of sp³-hybridized carbons (Fsp3) is 0.320. The lowest BCUT2D eigenvalue weighted by atomic mass is 10.0. The number of hydrogen-bond donors (Lipinski definition) is 2. The van der Waals surface area contributed by atoms with Crippen LogP contribution < -0.4 is 10.9 Å². The van der Waals surface area contributed by atoms with E-state index in [4.69, 9.17) is 4.74 Å². The number of benzene rings is 2. The molecular weight excluding hydrogens is 406 g/mol. The average Bonchev–Trinajstić information content (AvgIpc) is 2.74. The second-order valence-electron chi connectivity index (χ2n) is 7.78. The van der Waals surface area contributed by atoms with Crippen LogP contribution in [-0.2, 0) is 11.3 Å². The van der Waals surface area contributed by atoms with Gasteiger partial charge in [0.1, 0.15) is 0 Å². The number of ether oxygens (including phenoxy) is 1. The molecule has 7 heteroatoms. The zero-order valence-electron chi connectivity index (χ0n) is 19.0. The zero-order chi connectivity index (χ0) is 23.3. The van der Waals surface area contributed by atoms with Crippen molar-refractivity contribution >= 4 is 28.6 Å². The molecule has 0 spiro atoms. The van der Waals surface area contributed by atoms with Crippen LogP contribution in [0.5, 0.6) is 0 Å². The zero-order valence-corrected chi connectivity index (χ0v) is 19.0. The number of para-hydroxylation sites is 1. The van der Waals surface area contributed by atoms with Crippen molar-refractivity contribution < 1.29 is 14.3 Å². The van der Waals surface area contributed by atoms with Crippen LogP contribution >= 0.6 is 0 Å². The monoisotopic (exact) mass is 435 g/mol. The molecule has 0 saturated carbocycles. The van der Waals surface area contributed by atoms with Crippen LogP contribution in [0.2, 0.25) is 0 Å². The molecule has 0 unspecified atom stereocenters. The highest BCUT2D eigenvalue weighted by Crippen LogP contribution is 2.23. The Balaban J connectivity index is 1.93. The van der Waals surface area contributed by atoms with Crippen molar-refractivity contribution in [1.82, 2.24) is 9.88 Å². The lowest BCUT2D eigenvalue weighted by molar-refractivity contribution is 0.0527. The van der Waals surface area contributed by atoms with Gasteiger partial charge in [0, 0.05) is 24.5 Å². The van der Waals surface area contributed by atoms with Gasteiger partial charge in [0.15, 0.2) is 0 Å². The number of carbonyl (C=O) groups is 2.